The van der Waals surface area contributed by atoms with Crippen molar-refractivity contribution in [2.75, 3.05) is 26.2 Å². The molecule has 0 atom stereocenters. The number of esters is 1. The second-order valence-corrected chi connectivity index (χ2v) is 5.73. The molecule has 0 unspecified atom stereocenters. The van der Waals surface area contributed by atoms with E-state index in [0.717, 1.165) is 0 Å². The molecule has 0 N–H and O–H groups in total. The zero-order valence-electron chi connectivity index (χ0n) is 12.3. The van der Waals surface area contributed by atoms with Gasteiger partial charge in [-0.25, -0.2) is 4.79 Å². The Hall–Kier alpha value is -1.95. The summed E-state index contributed by atoms with van der Waals surface area (Å²) in [5.41, 5.74) is 6.85. The van der Waals surface area contributed by atoms with Crippen LogP contribution in [0.5, 0.6) is 0 Å². The van der Waals surface area contributed by atoms with Crippen molar-refractivity contribution in [1.82, 2.24) is 4.90 Å². The summed E-state index contributed by atoms with van der Waals surface area (Å²) in [6.07, 6.45) is -0.488. The molecule has 0 aromatic rings. The number of hydrogen-bond donors (Lipinski definition) is 0. The van der Waals surface area contributed by atoms with Crippen molar-refractivity contribution in [1.29, 1.82) is 0 Å². The van der Waals surface area contributed by atoms with Crippen molar-refractivity contribution in [2.45, 2.75) is 33.3 Å². The van der Waals surface area contributed by atoms with Crippen LogP contribution in [0.4, 0.5) is 4.79 Å². The number of carbonyl (C=O) groups excluding carboxylic acids is 2. The van der Waals surface area contributed by atoms with Gasteiger partial charge in [0, 0.05) is 24.5 Å². The molecule has 112 valence electrons. The molecule has 0 aromatic heterocycles. The van der Waals surface area contributed by atoms with Crippen LogP contribution in [-0.2, 0) is 14.3 Å². The van der Waals surface area contributed by atoms with Crippen LogP contribution in [0.25, 0.3) is 10.4 Å². The number of likely N-dealkylation sites (tertiary alicyclic amines) is 1. The molecule has 8 nitrogen and oxygen atoms in total. The molecule has 0 radical (unpaired) electrons. The smallest absolute Gasteiger partial charge is 0.410 e. The number of amides is 1. The van der Waals surface area contributed by atoms with E-state index in [1.54, 1.807) is 27.7 Å². The average molecular weight is 284 g/mol. The summed E-state index contributed by atoms with van der Waals surface area (Å²) in [4.78, 5) is 27.8. The molecule has 20 heavy (non-hydrogen) atoms. The lowest BCUT2D eigenvalue weighted by Gasteiger charge is -2.47. The molecule has 1 aliphatic heterocycles. The maximum absolute atomic E-state index is 11.9. The molecule has 1 saturated heterocycles. The van der Waals surface area contributed by atoms with Crippen LogP contribution in [0.15, 0.2) is 5.11 Å². The third kappa shape index (κ3) is 3.77. The summed E-state index contributed by atoms with van der Waals surface area (Å²) < 4.78 is 10.2. The molecule has 0 aliphatic carbocycles. The van der Waals surface area contributed by atoms with Gasteiger partial charge in [-0.15, -0.1) is 0 Å². The van der Waals surface area contributed by atoms with Gasteiger partial charge in [0.15, 0.2) is 0 Å². The highest BCUT2D eigenvalue weighted by atomic mass is 16.6. The van der Waals surface area contributed by atoms with Crippen molar-refractivity contribution >= 4 is 12.1 Å². The normalized spacial score (nSPS) is 16.7. The van der Waals surface area contributed by atoms with Gasteiger partial charge in [0.1, 0.15) is 11.0 Å². The molecule has 8 heteroatoms. The van der Waals surface area contributed by atoms with E-state index in [-0.39, 0.29) is 26.2 Å². The van der Waals surface area contributed by atoms with Gasteiger partial charge in [-0.05, 0) is 33.2 Å². The summed E-state index contributed by atoms with van der Waals surface area (Å²) in [7, 11) is 0. The molecular formula is C12H20N4O4. The molecule has 0 spiro atoms. The van der Waals surface area contributed by atoms with E-state index in [9.17, 15) is 9.59 Å². The van der Waals surface area contributed by atoms with Gasteiger partial charge >= 0.3 is 12.1 Å². The van der Waals surface area contributed by atoms with Gasteiger partial charge in [0.2, 0.25) is 0 Å². The van der Waals surface area contributed by atoms with Crippen molar-refractivity contribution in [3.63, 3.8) is 0 Å². The van der Waals surface area contributed by atoms with Gasteiger partial charge < -0.3 is 14.4 Å². The van der Waals surface area contributed by atoms with Crippen LogP contribution in [0.1, 0.15) is 27.7 Å². The van der Waals surface area contributed by atoms with Crippen LogP contribution in [0, 0.1) is 5.41 Å². The lowest BCUT2D eigenvalue weighted by Crippen LogP contribution is -2.64. The summed E-state index contributed by atoms with van der Waals surface area (Å²) >= 11 is 0. The number of azide groups is 1. The van der Waals surface area contributed by atoms with Crippen LogP contribution in [0.2, 0.25) is 0 Å². The third-order valence-corrected chi connectivity index (χ3v) is 2.78. The fraction of sp³-hybridized carbons (Fsp3) is 0.833. The fourth-order valence-electron chi connectivity index (χ4n) is 1.88. The first kappa shape index (κ1) is 16.1. The molecule has 1 rings (SSSR count). The summed E-state index contributed by atoms with van der Waals surface area (Å²) in [6, 6.07) is 0. The molecule has 0 aromatic carbocycles. The Labute approximate surface area is 117 Å². The SMILES string of the molecule is CCOC(=O)C1(CN=[N+]=[N-])CN(C(=O)OC(C)(C)C)C1. The lowest BCUT2D eigenvalue weighted by molar-refractivity contribution is -0.164. The maximum atomic E-state index is 11.9. The van der Waals surface area contributed by atoms with E-state index >= 15 is 0 Å². The average Bonchev–Trinajstić information content (AvgIpc) is 2.25. The van der Waals surface area contributed by atoms with Crippen LogP contribution < -0.4 is 0 Å². The minimum absolute atomic E-state index is 0.0262. The number of carbonyl (C=O) groups is 2. The predicted molar refractivity (Wildman–Crippen MR) is 70.9 cm³/mol. The number of ether oxygens (including phenoxy) is 2. The molecule has 1 fully saturated rings. The number of nitrogens with zero attached hydrogens (tertiary/aromatic N) is 4. The molecule has 0 bridgehead atoms. The van der Waals surface area contributed by atoms with E-state index in [0.29, 0.717) is 0 Å². The van der Waals surface area contributed by atoms with Crippen LogP contribution >= 0.6 is 0 Å². The van der Waals surface area contributed by atoms with Crippen LogP contribution in [-0.4, -0.2) is 48.8 Å². The first-order chi connectivity index (χ1) is 9.24. The molecule has 1 amide bonds. The Morgan fingerprint density at radius 1 is 1.40 bits per heavy atom. The van der Waals surface area contributed by atoms with Gasteiger partial charge in [0.25, 0.3) is 0 Å². The standard InChI is InChI=1S/C12H20N4O4/c1-5-19-9(17)12(6-14-15-13)7-16(8-12)10(18)20-11(2,3)4/h5-8H2,1-4H3. The first-order valence-corrected chi connectivity index (χ1v) is 6.40. The minimum Gasteiger partial charge on any atom is -0.465 e. The Bertz CT molecular complexity index is 431. The second kappa shape index (κ2) is 6.00. The first-order valence-electron chi connectivity index (χ1n) is 6.40. The molecule has 1 aliphatic rings. The van der Waals surface area contributed by atoms with E-state index in [4.69, 9.17) is 15.0 Å². The van der Waals surface area contributed by atoms with Crippen molar-refractivity contribution < 1.29 is 19.1 Å². The van der Waals surface area contributed by atoms with Crippen molar-refractivity contribution in [3.05, 3.63) is 10.4 Å². The monoisotopic (exact) mass is 284 g/mol. The Morgan fingerprint density at radius 2 is 2.00 bits per heavy atom. The highest BCUT2D eigenvalue weighted by molar-refractivity contribution is 5.82. The van der Waals surface area contributed by atoms with Crippen molar-refractivity contribution in [3.8, 4) is 0 Å². The number of hydrogen-bond acceptors (Lipinski definition) is 5. The Balaban J connectivity index is 2.68. The summed E-state index contributed by atoms with van der Waals surface area (Å²) in [5.74, 6) is -0.452. The van der Waals surface area contributed by atoms with Crippen LogP contribution in [0.3, 0.4) is 0 Å². The summed E-state index contributed by atoms with van der Waals surface area (Å²) in [5, 5.41) is 3.44. The minimum atomic E-state index is -0.945. The lowest BCUT2D eigenvalue weighted by atomic mass is 9.80. The number of rotatable bonds is 4. The predicted octanol–water partition coefficient (Wildman–Crippen LogP) is 2.10. The summed E-state index contributed by atoms with van der Waals surface area (Å²) in [6.45, 7) is 7.49. The highest BCUT2D eigenvalue weighted by Crippen LogP contribution is 2.33. The van der Waals surface area contributed by atoms with Gasteiger partial charge in [-0.3, -0.25) is 4.79 Å². The zero-order valence-corrected chi connectivity index (χ0v) is 12.3. The Kier molecular flexibility index (Phi) is 4.83. The molecule has 1 heterocycles. The topological polar surface area (TPSA) is 105 Å². The fourth-order valence-corrected chi connectivity index (χ4v) is 1.88. The molecular weight excluding hydrogens is 264 g/mol. The maximum Gasteiger partial charge on any atom is 0.410 e. The third-order valence-electron chi connectivity index (χ3n) is 2.78. The highest BCUT2D eigenvalue weighted by Gasteiger charge is 2.52. The van der Waals surface area contributed by atoms with E-state index in [1.807, 2.05) is 0 Å². The van der Waals surface area contributed by atoms with Crippen molar-refractivity contribution in [2.24, 2.45) is 10.5 Å². The second-order valence-electron chi connectivity index (χ2n) is 5.73. The Morgan fingerprint density at radius 3 is 2.45 bits per heavy atom. The molecule has 0 saturated carbocycles. The van der Waals surface area contributed by atoms with E-state index in [2.05, 4.69) is 10.0 Å². The largest absolute Gasteiger partial charge is 0.465 e. The van der Waals surface area contributed by atoms with E-state index in [1.165, 1.54) is 4.90 Å². The van der Waals surface area contributed by atoms with Gasteiger partial charge in [-0.1, -0.05) is 5.11 Å². The van der Waals surface area contributed by atoms with Gasteiger partial charge in [-0.2, -0.15) is 0 Å². The van der Waals surface area contributed by atoms with Gasteiger partial charge in [0.05, 0.1) is 6.61 Å². The zero-order chi connectivity index (χ0) is 15.4. The quantitative estimate of drug-likeness (QED) is 0.341. The van der Waals surface area contributed by atoms with E-state index < -0.39 is 23.1 Å².